The Morgan fingerprint density at radius 3 is 2.45 bits per heavy atom. The average Bonchev–Trinajstić information content (AvgIpc) is 3.20. The van der Waals surface area contributed by atoms with Gasteiger partial charge in [-0.2, -0.15) is 0 Å². The number of ether oxygens (including phenoxy) is 3. The summed E-state index contributed by atoms with van der Waals surface area (Å²) in [5, 5.41) is 2.75. The Hall–Kier alpha value is -2.87. The van der Waals surface area contributed by atoms with Crippen molar-refractivity contribution in [1.82, 2.24) is 10.2 Å². The highest BCUT2D eigenvalue weighted by Crippen LogP contribution is 2.58. The molecule has 0 radical (unpaired) electrons. The van der Waals surface area contributed by atoms with Gasteiger partial charge in [0.15, 0.2) is 11.5 Å². The van der Waals surface area contributed by atoms with E-state index in [2.05, 4.69) is 5.32 Å². The molecule has 1 fully saturated rings. The van der Waals surface area contributed by atoms with E-state index in [-0.39, 0.29) is 17.2 Å². The van der Waals surface area contributed by atoms with E-state index in [1.54, 1.807) is 29.8 Å². The molecule has 7 nitrogen and oxygen atoms in total. The van der Waals surface area contributed by atoms with E-state index in [1.807, 2.05) is 44.2 Å². The van der Waals surface area contributed by atoms with Gasteiger partial charge in [-0.05, 0) is 26.0 Å². The zero-order chi connectivity index (χ0) is 22.3. The molecular weight excluding hydrogens is 416 g/mol. The van der Waals surface area contributed by atoms with Crippen LogP contribution < -0.4 is 19.5 Å². The number of hydrogen-bond acceptors (Lipinski definition) is 6. The second-order valence-electron chi connectivity index (χ2n) is 7.98. The van der Waals surface area contributed by atoms with Crippen LogP contribution in [0.3, 0.4) is 0 Å². The van der Waals surface area contributed by atoms with Crippen molar-refractivity contribution in [3.63, 3.8) is 0 Å². The highest BCUT2D eigenvalue weighted by Gasteiger charge is 2.58. The van der Waals surface area contributed by atoms with Crippen molar-refractivity contribution < 1.29 is 23.8 Å². The van der Waals surface area contributed by atoms with Crippen molar-refractivity contribution in [2.75, 3.05) is 21.3 Å². The van der Waals surface area contributed by atoms with Crippen molar-refractivity contribution >= 4 is 23.6 Å². The summed E-state index contributed by atoms with van der Waals surface area (Å²) < 4.78 is 15.8. The zero-order valence-electron chi connectivity index (χ0n) is 18.2. The first kappa shape index (κ1) is 21.4. The van der Waals surface area contributed by atoms with Gasteiger partial charge in [-0.1, -0.05) is 24.3 Å². The first-order valence-electron chi connectivity index (χ1n) is 9.99. The standard InChI is InChI=1S/C23H26N2O5S/c1-23(2)19(20(26)24-12-13-8-6-7-9-15(13)28-3)25-21(27)17-14(22(25)31-23)10-11-16(29-4)18(17)30-5/h6-11,19,22H,12H2,1-5H3,(H,24,26)/t19-,22?/m1/s1. The molecule has 2 aromatic carbocycles. The largest absolute Gasteiger partial charge is 0.496 e. The van der Waals surface area contributed by atoms with E-state index in [9.17, 15) is 9.59 Å². The number of methoxy groups -OCH3 is 3. The number of thioether (sulfide) groups is 1. The quantitative estimate of drug-likeness (QED) is 0.739. The van der Waals surface area contributed by atoms with Crippen molar-refractivity contribution in [2.45, 2.75) is 36.6 Å². The summed E-state index contributed by atoms with van der Waals surface area (Å²) in [4.78, 5) is 28.5. The molecular formula is C23H26N2O5S. The fraction of sp³-hybridized carbons (Fsp3) is 0.391. The molecule has 2 amide bonds. The fourth-order valence-corrected chi connectivity index (χ4v) is 5.96. The summed E-state index contributed by atoms with van der Waals surface area (Å²) in [6, 6.07) is 10.6. The summed E-state index contributed by atoms with van der Waals surface area (Å²) in [7, 11) is 4.66. The first-order chi connectivity index (χ1) is 14.8. The Balaban J connectivity index is 1.63. The molecule has 2 aromatic rings. The molecule has 8 heteroatoms. The van der Waals surface area contributed by atoms with Crippen LogP contribution in [0, 0.1) is 0 Å². The molecule has 2 heterocycles. The smallest absolute Gasteiger partial charge is 0.260 e. The van der Waals surface area contributed by atoms with Gasteiger partial charge in [0.2, 0.25) is 5.91 Å². The molecule has 0 bridgehead atoms. The minimum absolute atomic E-state index is 0.196. The van der Waals surface area contributed by atoms with Gasteiger partial charge in [0.25, 0.3) is 5.91 Å². The molecule has 31 heavy (non-hydrogen) atoms. The lowest BCUT2D eigenvalue weighted by Gasteiger charge is -2.29. The van der Waals surface area contributed by atoms with Gasteiger partial charge in [-0.3, -0.25) is 9.59 Å². The molecule has 1 unspecified atom stereocenters. The van der Waals surface area contributed by atoms with Crippen molar-refractivity contribution in [1.29, 1.82) is 0 Å². The van der Waals surface area contributed by atoms with Crippen molar-refractivity contribution in [3.8, 4) is 17.2 Å². The van der Waals surface area contributed by atoms with Crippen LogP contribution in [0.25, 0.3) is 0 Å². The Labute approximate surface area is 186 Å². The number of nitrogens with one attached hydrogen (secondary N) is 1. The molecule has 0 spiro atoms. The Kier molecular flexibility index (Phi) is 5.51. The molecule has 2 aliphatic rings. The van der Waals surface area contributed by atoms with Crippen LogP contribution in [0.2, 0.25) is 0 Å². The highest BCUT2D eigenvalue weighted by atomic mass is 32.2. The molecule has 2 aliphatic heterocycles. The van der Waals surface area contributed by atoms with Crippen molar-refractivity contribution in [2.24, 2.45) is 0 Å². The van der Waals surface area contributed by atoms with E-state index >= 15 is 0 Å². The van der Waals surface area contributed by atoms with E-state index in [4.69, 9.17) is 14.2 Å². The lowest BCUT2D eigenvalue weighted by atomic mass is 10.0. The Morgan fingerprint density at radius 1 is 1.06 bits per heavy atom. The van der Waals surface area contributed by atoms with E-state index in [1.165, 1.54) is 14.2 Å². The van der Waals surface area contributed by atoms with E-state index in [0.717, 1.165) is 11.1 Å². The van der Waals surface area contributed by atoms with Gasteiger partial charge in [-0.25, -0.2) is 0 Å². The zero-order valence-corrected chi connectivity index (χ0v) is 19.0. The third-order valence-corrected chi connectivity index (χ3v) is 7.33. The summed E-state index contributed by atoms with van der Waals surface area (Å²) in [6.07, 6.45) is 0. The summed E-state index contributed by atoms with van der Waals surface area (Å²) in [5.74, 6) is 1.20. The van der Waals surface area contributed by atoms with Crippen LogP contribution in [0.15, 0.2) is 36.4 Å². The van der Waals surface area contributed by atoms with Gasteiger partial charge in [0.05, 0.1) is 26.9 Å². The Morgan fingerprint density at radius 2 is 1.77 bits per heavy atom. The Bertz CT molecular complexity index is 1040. The monoisotopic (exact) mass is 442 g/mol. The molecule has 164 valence electrons. The molecule has 4 rings (SSSR count). The minimum atomic E-state index is -0.632. The number of amides is 2. The maximum absolute atomic E-state index is 13.5. The maximum atomic E-state index is 13.5. The summed E-state index contributed by atoms with van der Waals surface area (Å²) in [5.41, 5.74) is 2.19. The normalized spacial score (nSPS) is 20.8. The number of carbonyl (C=O) groups excluding carboxylic acids is 2. The van der Waals surface area contributed by atoms with Crippen molar-refractivity contribution in [3.05, 3.63) is 53.1 Å². The molecule has 1 saturated heterocycles. The first-order valence-corrected chi connectivity index (χ1v) is 10.9. The third kappa shape index (κ3) is 3.39. The number of nitrogens with zero attached hydrogens (tertiary/aromatic N) is 1. The number of hydrogen-bond donors (Lipinski definition) is 1. The molecule has 0 saturated carbocycles. The van der Waals surface area contributed by atoms with Gasteiger partial charge < -0.3 is 24.4 Å². The van der Waals surface area contributed by atoms with Crippen LogP contribution in [-0.4, -0.2) is 48.8 Å². The van der Waals surface area contributed by atoms with Crippen LogP contribution >= 0.6 is 11.8 Å². The highest BCUT2D eigenvalue weighted by molar-refractivity contribution is 8.01. The average molecular weight is 443 g/mol. The number of para-hydroxylation sites is 1. The second-order valence-corrected chi connectivity index (χ2v) is 9.72. The summed E-state index contributed by atoms with van der Waals surface area (Å²) in [6.45, 7) is 4.31. The number of carbonyl (C=O) groups is 2. The minimum Gasteiger partial charge on any atom is -0.496 e. The van der Waals surface area contributed by atoms with Gasteiger partial charge >= 0.3 is 0 Å². The molecule has 1 N–H and O–H groups in total. The van der Waals surface area contributed by atoms with Gasteiger partial charge in [0, 0.05) is 22.4 Å². The van der Waals surface area contributed by atoms with E-state index in [0.29, 0.717) is 29.4 Å². The van der Waals surface area contributed by atoms with Crippen LogP contribution in [0.4, 0.5) is 0 Å². The lowest BCUT2D eigenvalue weighted by molar-refractivity contribution is -0.126. The molecule has 0 aromatic heterocycles. The summed E-state index contributed by atoms with van der Waals surface area (Å²) >= 11 is 1.61. The SMILES string of the molecule is COc1ccccc1CNC(=O)[C@H]1N2C(=O)c3c(ccc(OC)c3OC)C2SC1(C)C. The maximum Gasteiger partial charge on any atom is 0.260 e. The van der Waals surface area contributed by atoms with Crippen LogP contribution in [-0.2, 0) is 11.3 Å². The van der Waals surface area contributed by atoms with Gasteiger partial charge in [0.1, 0.15) is 17.2 Å². The predicted molar refractivity (Wildman–Crippen MR) is 119 cm³/mol. The fourth-order valence-electron chi connectivity index (χ4n) is 4.38. The van der Waals surface area contributed by atoms with Crippen LogP contribution in [0.5, 0.6) is 17.2 Å². The second kappa shape index (κ2) is 8.00. The number of fused-ring (bicyclic) bond motifs is 3. The van der Waals surface area contributed by atoms with E-state index < -0.39 is 10.8 Å². The lowest BCUT2D eigenvalue weighted by Crippen LogP contribution is -2.52. The van der Waals surface area contributed by atoms with Gasteiger partial charge in [-0.15, -0.1) is 11.8 Å². The topological polar surface area (TPSA) is 77.1 Å². The number of benzene rings is 2. The van der Waals surface area contributed by atoms with Crippen LogP contribution in [0.1, 0.15) is 40.7 Å². The molecule has 0 aliphatic carbocycles. The molecule has 2 atom stereocenters. The number of rotatable bonds is 6. The predicted octanol–water partition coefficient (Wildman–Crippen LogP) is 3.38. The third-order valence-electron chi connectivity index (χ3n) is 5.79.